The molecular weight excluding hydrogens is 250 g/mol. The van der Waals surface area contributed by atoms with Gasteiger partial charge in [-0.25, -0.2) is 0 Å². The van der Waals surface area contributed by atoms with E-state index in [9.17, 15) is 9.59 Å². The summed E-state index contributed by atoms with van der Waals surface area (Å²) in [7, 11) is 0. The van der Waals surface area contributed by atoms with Crippen molar-refractivity contribution in [2.45, 2.75) is 47.6 Å². The number of hydrogen-bond acceptors (Lipinski definition) is 3. The second-order valence-electron chi connectivity index (χ2n) is 6.14. The monoisotopic (exact) mass is 275 g/mol. The predicted molar refractivity (Wildman–Crippen MR) is 83.5 cm³/mol. The van der Waals surface area contributed by atoms with Crippen molar-refractivity contribution in [2.75, 3.05) is 5.32 Å². The highest BCUT2D eigenvalue weighted by molar-refractivity contribution is 6.03. The van der Waals surface area contributed by atoms with Crippen LogP contribution >= 0.6 is 0 Å². The number of ketones is 2. The summed E-state index contributed by atoms with van der Waals surface area (Å²) in [6.45, 7) is 11.5. The molecule has 0 saturated heterocycles. The number of carbonyl (C=O) groups is 2. The van der Waals surface area contributed by atoms with Crippen LogP contribution in [0.2, 0.25) is 0 Å². The fourth-order valence-corrected chi connectivity index (χ4v) is 2.00. The lowest BCUT2D eigenvalue weighted by molar-refractivity contribution is 0.0939. The zero-order valence-electron chi connectivity index (χ0n) is 13.3. The minimum atomic E-state index is -0.0775. The van der Waals surface area contributed by atoms with Gasteiger partial charge >= 0.3 is 0 Å². The van der Waals surface area contributed by atoms with Crippen LogP contribution in [-0.4, -0.2) is 17.6 Å². The first-order valence-corrected chi connectivity index (χ1v) is 7.22. The molecule has 0 aliphatic rings. The third-order valence-electron chi connectivity index (χ3n) is 3.01. The Bertz CT molecular complexity index is 463. The fraction of sp³-hybridized carbons (Fsp3) is 0.529. The van der Waals surface area contributed by atoms with Crippen molar-refractivity contribution < 1.29 is 9.59 Å². The van der Waals surface area contributed by atoms with Crippen LogP contribution in [0.3, 0.4) is 0 Å². The van der Waals surface area contributed by atoms with Gasteiger partial charge in [-0.2, -0.15) is 0 Å². The second-order valence-corrected chi connectivity index (χ2v) is 6.14. The summed E-state index contributed by atoms with van der Waals surface area (Å²) < 4.78 is 0. The quantitative estimate of drug-likeness (QED) is 0.792. The maximum atomic E-state index is 12.2. The number of hydrogen-bond donors (Lipinski definition) is 1. The second kappa shape index (κ2) is 6.69. The minimum Gasteiger partial charge on any atom is -0.383 e. The van der Waals surface area contributed by atoms with Gasteiger partial charge in [0.25, 0.3) is 0 Å². The van der Waals surface area contributed by atoms with Gasteiger partial charge in [-0.1, -0.05) is 27.7 Å². The molecule has 0 spiro atoms. The summed E-state index contributed by atoms with van der Waals surface area (Å²) >= 11 is 0. The van der Waals surface area contributed by atoms with Crippen LogP contribution < -0.4 is 5.32 Å². The molecule has 1 aromatic rings. The third-order valence-corrected chi connectivity index (χ3v) is 3.01. The summed E-state index contributed by atoms with van der Waals surface area (Å²) in [5.41, 5.74) is 2.04. The zero-order chi connectivity index (χ0) is 15.4. The molecular formula is C17H25NO2. The van der Waals surface area contributed by atoms with E-state index in [1.54, 1.807) is 6.07 Å². The number of benzene rings is 1. The summed E-state index contributed by atoms with van der Waals surface area (Å²) in [4.78, 5) is 24.4. The van der Waals surface area contributed by atoms with E-state index in [1.807, 2.05) is 53.7 Å². The molecule has 0 aliphatic heterocycles. The summed E-state index contributed by atoms with van der Waals surface area (Å²) in [5, 5.41) is 3.27. The first kappa shape index (κ1) is 16.4. The number of Topliss-reactive ketones (excluding diaryl/α,β-unsaturated/α-hetero) is 2. The van der Waals surface area contributed by atoms with Gasteiger partial charge in [-0.05, 0) is 32.0 Å². The van der Waals surface area contributed by atoms with Crippen LogP contribution in [0.5, 0.6) is 0 Å². The Balaban J connectivity index is 3.27. The van der Waals surface area contributed by atoms with E-state index >= 15 is 0 Å². The lowest BCUT2D eigenvalue weighted by atomic mass is 9.94. The van der Waals surface area contributed by atoms with E-state index in [1.165, 1.54) is 0 Å². The van der Waals surface area contributed by atoms with Crippen molar-refractivity contribution >= 4 is 17.3 Å². The Labute approximate surface area is 121 Å². The number of rotatable bonds is 6. The Morgan fingerprint density at radius 3 is 1.50 bits per heavy atom. The first-order valence-electron chi connectivity index (χ1n) is 7.22. The van der Waals surface area contributed by atoms with Crippen LogP contribution in [0.1, 0.15) is 62.3 Å². The molecule has 110 valence electrons. The van der Waals surface area contributed by atoms with Crippen LogP contribution in [0.4, 0.5) is 5.69 Å². The van der Waals surface area contributed by atoms with Gasteiger partial charge in [0, 0.05) is 34.7 Å². The zero-order valence-corrected chi connectivity index (χ0v) is 13.3. The van der Waals surface area contributed by atoms with E-state index < -0.39 is 0 Å². The molecule has 1 rings (SSSR count). The average molecular weight is 275 g/mol. The van der Waals surface area contributed by atoms with Crippen molar-refractivity contribution in [3.63, 3.8) is 0 Å². The van der Waals surface area contributed by atoms with Crippen molar-refractivity contribution in [3.8, 4) is 0 Å². The number of anilines is 1. The molecule has 0 saturated carbocycles. The lowest BCUT2D eigenvalue weighted by Gasteiger charge is -2.15. The molecule has 0 fully saturated rings. The highest BCUT2D eigenvalue weighted by atomic mass is 16.1. The van der Waals surface area contributed by atoms with Crippen LogP contribution in [-0.2, 0) is 0 Å². The molecule has 1 N–H and O–H groups in total. The maximum absolute atomic E-state index is 12.2. The lowest BCUT2D eigenvalue weighted by Crippen LogP contribution is -2.15. The number of carbonyl (C=O) groups excluding carboxylic acids is 2. The standard InChI is InChI=1S/C17H25NO2/c1-10(2)16(19)13-7-14(17(20)11(3)4)9-15(8-13)18-12(5)6/h7-12,18H,1-6H3. The molecule has 0 radical (unpaired) electrons. The topological polar surface area (TPSA) is 46.2 Å². The molecule has 0 aromatic heterocycles. The van der Waals surface area contributed by atoms with Gasteiger partial charge in [0.1, 0.15) is 0 Å². The van der Waals surface area contributed by atoms with E-state index in [-0.39, 0.29) is 29.4 Å². The van der Waals surface area contributed by atoms with Crippen molar-refractivity contribution in [1.29, 1.82) is 0 Å². The fourth-order valence-electron chi connectivity index (χ4n) is 2.00. The van der Waals surface area contributed by atoms with E-state index in [0.29, 0.717) is 11.1 Å². The Hall–Kier alpha value is -1.64. The highest BCUT2D eigenvalue weighted by Gasteiger charge is 2.17. The van der Waals surface area contributed by atoms with Gasteiger partial charge in [0.05, 0.1) is 0 Å². The summed E-state index contributed by atoms with van der Waals surface area (Å²) in [5.74, 6) is -0.0250. The van der Waals surface area contributed by atoms with Gasteiger partial charge in [-0.15, -0.1) is 0 Å². The molecule has 0 bridgehead atoms. The largest absolute Gasteiger partial charge is 0.383 e. The Morgan fingerprint density at radius 2 is 1.20 bits per heavy atom. The molecule has 0 amide bonds. The SMILES string of the molecule is CC(C)Nc1cc(C(=O)C(C)C)cc(C(=O)C(C)C)c1. The molecule has 0 unspecified atom stereocenters. The molecule has 20 heavy (non-hydrogen) atoms. The van der Waals surface area contributed by atoms with E-state index in [2.05, 4.69) is 5.32 Å². The Kier molecular flexibility index (Phi) is 5.49. The molecule has 0 aliphatic carbocycles. The van der Waals surface area contributed by atoms with E-state index in [4.69, 9.17) is 0 Å². The predicted octanol–water partition coefficient (Wildman–Crippen LogP) is 4.18. The maximum Gasteiger partial charge on any atom is 0.165 e. The molecule has 0 heterocycles. The minimum absolute atomic E-state index is 0.0650. The highest BCUT2D eigenvalue weighted by Crippen LogP contribution is 2.21. The molecule has 0 atom stereocenters. The van der Waals surface area contributed by atoms with Gasteiger partial charge in [0.15, 0.2) is 11.6 Å². The van der Waals surface area contributed by atoms with Crippen molar-refractivity contribution in [3.05, 3.63) is 29.3 Å². The van der Waals surface area contributed by atoms with Gasteiger partial charge < -0.3 is 5.32 Å². The third kappa shape index (κ3) is 4.19. The van der Waals surface area contributed by atoms with Crippen molar-refractivity contribution in [1.82, 2.24) is 0 Å². The number of nitrogens with one attached hydrogen (secondary N) is 1. The van der Waals surface area contributed by atoms with Gasteiger partial charge in [-0.3, -0.25) is 9.59 Å². The van der Waals surface area contributed by atoms with E-state index in [0.717, 1.165) is 5.69 Å². The first-order chi connectivity index (χ1) is 9.22. The normalized spacial score (nSPS) is 11.2. The molecule has 1 aromatic carbocycles. The van der Waals surface area contributed by atoms with Gasteiger partial charge in [0.2, 0.25) is 0 Å². The summed E-state index contributed by atoms with van der Waals surface area (Å²) in [6, 6.07) is 5.64. The smallest absolute Gasteiger partial charge is 0.165 e. The van der Waals surface area contributed by atoms with Crippen molar-refractivity contribution in [2.24, 2.45) is 11.8 Å². The molecule has 3 nitrogen and oxygen atoms in total. The molecule has 3 heteroatoms. The van der Waals surface area contributed by atoms with Crippen LogP contribution in [0.15, 0.2) is 18.2 Å². The Morgan fingerprint density at radius 1 is 0.800 bits per heavy atom. The van der Waals surface area contributed by atoms with Crippen LogP contribution in [0.25, 0.3) is 0 Å². The summed E-state index contributed by atoms with van der Waals surface area (Å²) in [6.07, 6.45) is 0. The average Bonchev–Trinajstić information content (AvgIpc) is 2.35. The van der Waals surface area contributed by atoms with Crippen LogP contribution in [0, 0.1) is 11.8 Å².